The predicted molar refractivity (Wildman–Crippen MR) is 108 cm³/mol. The second-order valence-corrected chi connectivity index (χ2v) is 9.14. The molecule has 0 radical (unpaired) electrons. The van der Waals surface area contributed by atoms with Crippen molar-refractivity contribution in [2.24, 2.45) is 0 Å². The number of hydrogen-bond donors (Lipinski definition) is 1. The second-order valence-electron chi connectivity index (χ2n) is 8.39. The lowest BCUT2D eigenvalue weighted by atomic mass is 10.1. The van der Waals surface area contributed by atoms with Crippen molar-refractivity contribution in [1.29, 1.82) is 0 Å². The number of anilines is 1. The zero-order valence-electron chi connectivity index (χ0n) is 16.5. The quantitative estimate of drug-likeness (QED) is 0.750. The molecule has 2 saturated heterocycles. The highest BCUT2D eigenvalue weighted by atomic mass is 79.9. The van der Waals surface area contributed by atoms with Crippen LogP contribution in [-0.2, 0) is 11.2 Å². The van der Waals surface area contributed by atoms with Gasteiger partial charge in [0, 0.05) is 25.2 Å². The molecule has 2 aromatic heterocycles. The fourth-order valence-electron chi connectivity index (χ4n) is 4.17. The number of halogens is 1. The van der Waals surface area contributed by atoms with Gasteiger partial charge in [-0.05, 0) is 56.0 Å². The zero-order valence-corrected chi connectivity index (χ0v) is 18.1. The van der Waals surface area contributed by atoms with Gasteiger partial charge in [-0.3, -0.25) is 9.89 Å². The lowest BCUT2D eigenvalue weighted by molar-refractivity contribution is 0.0209. The van der Waals surface area contributed by atoms with E-state index in [-0.39, 0.29) is 23.7 Å². The molecule has 0 aliphatic carbocycles. The molecule has 4 heterocycles. The van der Waals surface area contributed by atoms with Gasteiger partial charge in [-0.15, -0.1) is 0 Å². The average Bonchev–Trinajstić information content (AvgIpc) is 3.08. The van der Waals surface area contributed by atoms with Crippen molar-refractivity contribution in [3.63, 3.8) is 0 Å². The average molecular weight is 453 g/mol. The van der Waals surface area contributed by atoms with Crippen molar-refractivity contribution < 1.29 is 9.53 Å². The number of likely N-dealkylation sites (tertiary alicyclic amines) is 1. The van der Waals surface area contributed by atoms with Crippen molar-refractivity contribution in [1.82, 2.24) is 24.5 Å². The topological polar surface area (TPSA) is 95.8 Å². The molecule has 2 unspecified atom stereocenters. The van der Waals surface area contributed by atoms with Crippen molar-refractivity contribution in [3.05, 3.63) is 20.8 Å². The second kappa shape index (κ2) is 6.75. The fraction of sp³-hybridized carbons (Fsp3) is 0.667. The first kappa shape index (κ1) is 19.2. The number of hydrogen-bond acceptors (Lipinski definition) is 6. The summed E-state index contributed by atoms with van der Waals surface area (Å²) in [5.74, 6) is 0.359. The minimum absolute atomic E-state index is 0.0791. The lowest BCUT2D eigenvalue weighted by Gasteiger charge is -2.42. The molecule has 4 rings (SSSR count). The van der Waals surface area contributed by atoms with Crippen molar-refractivity contribution >= 4 is 33.5 Å². The van der Waals surface area contributed by atoms with E-state index in [0.717, 1.165) is 18.5 Å². The summed E-state index contributed by atoms with van der Waals surface area (Å²) < 4.78 is 7.38. The molecule has 0 spiro atoms. The van der Waals surface area contributed by atoms with Crippen LogP contribution >= 0.6 is 15.9 Å². The summed E-state index contributed by atoms with van der Waals surface area (Å²) in [4.78, 5) is 38.5. The normalized spacial score (nSPS) is 22.2. The van der Waals surface area contributed by atoms with Gasteiger partial charge in [0.05, 0.1) is 5.69 Å². The molecular weight excluding hydrogens is 428 g/mol. The molecule has 2 bridgehead atoms. The lowest BCUT2D eigenvalue weighted by Crippen LogP contribution is -2.57. The SMILES string of the molecule is CCc1nc2nc(Br)[nH]n2c(=O)c1N1C2CCC1CN(C(=O)OC(C)(C)C)C2. The Kier molecular flexibility index (Phi) is 4.64. The first-order valence-electron chi connectivity index (χ1n) is 9.61. The number of aromatic amines is 1. The Hall–Kier alpha value is -2.10. The van der Waals surface area contributed by atoms with Crippen LogP contribution in [-0.4, -0.2) is 61.3 Å². The maximum Gasteiger partial charge on any atom is 0.410 e. The van der Waals surface area contributed by atoms with Crippen LogP contribution in [0.2, 0.25) is 0 Å². The molecular formula is C18H25BrN6O3. The Morgan fingerprint density at radius 1 is 1.25 bits per heavy atom. The number of rotatable bonds is 2. The van der Waals surface area contributed by atoms with Crippen LogP contribution in [0.4, 0.5) is 10.5 Å². The number of nitrogens with one attached hydrogen (secondary N) is 1. The number of carbonyl (C=O) groups is 1. The van der Waals surface area contributed by atoms with Crippen LogP contribution in [0, 0.1) is 0 Å². The Balaban J connectivity index is 1.68. The number of nitrogens with zero attached hydrogens (tertiary/aromatic N) is 5. The van der Waals surface area contributed by atoms with Crippen LogP contribution in [0.3, 0.4) is 0 Å². The number of aromatic nitrogens is 4. The van der Waals surface area contributed by atoms with Crippen molar-refractivity contribution in [2.45, 2.75) is 64.6 Å². The molecule has 2 aliphatic heterocycles. The highest BCUT2D eigenvalue weighted by molar-refractivity contribution is 9.10. The van der Waals surface area contributed by atoms with Crippen LogP contribution in [0.1, 0.15) is 46.2 Å². The van der Waals surface area contributed by atoms with E-state index in [1.165, 1.54) is 4.52 Å². The molecule has 2 aliphatic rings. The van der Waals surface area contributed by atoms with Crippen LogP contribution in [0.5, 0.6) is 0 Å². The zero-order chi connectivity index (χ0) is 20.2. The third-order valence-corrected chi connectivity index (χ3v) is 5.60. The van der Waals surface area contributed by atoms with Crippen LogP contribution in [0.25, 0.3) is 5.78 Å². The van der Waals surface area contributed by atoms with Gasteiger partial charge in [0.2, 0.25) is 0 Å². The molecule has 2 fully saturated rings. The number of fused-ring (bicyclic) bond motifs is 3. The van der Waals surface area contributed by atoms with Gasteiger partial charge >= 0.3 is 6.09 Å². The molecule has 28 heavy (non-hydrogen) atoms. The van der Waals surface area contributed by atoms with E-state index in [2.05, 4.69) is 35.9 Å². The van der Waals surface area contributed by atoms with E-state index >= 15 is 0 Å². The number of H-pyrrole nitrogens is 1. The summed E-state index contributed by atoms with van der Waals surface area (Å²) in [5.41, 5.74) is 0.687. The van der Waals surface area contributed by atoms with E-state index in [4.69, 9.17) is 4.74 Å². The van der Waals surface area contributed by atoms with Gasteiger partial charge < -0.3 is 14.5 Å². The molecule has 0 aromatic carbocycles. The highest BCUT2D eigenvalue weighted by Crippen LogP contribution is 2.35. The molecule has 1 amide bonds. The standard InChI is InChI=1S/C18H25BrN6O3/c1-5-12-13(14(26)25-16(20-12)21-15(19)22-25)24-10-6-7-11(24)9-23(8-10)17(27)28-18(2,3)4/h10-11H,5-9H2,1-4H3,(H,20,21,22). The molecule has 0 saturated carbocycles. The summed E-state index contributed by atoms with van der Waals surface area (Å²) in [6, 6.07) is 0.158. The van der Waals surface area contributed by atoms with E-state index in [1.807, 2.05) is 27.7 Å². The smallest absolute Gasteiger partial charge is 0.410 e. The molecule has 9 nitrogen and oxygen atoms in total. The summed E-state index contributed by atoms with van der Waals surface area (Å²) in [7, 11) is 0. The number of aryl methyl sites for hydroxylation is 1. The third-order valence-electron chi connectivity index (χ3n) is 5.24. The maximum atomic E-state index is 13.2. The first-order valence-corrected chi connectivity index (χ1v) is 10.4. The molecule has 1 N–H and O–H groups in total. The number of piperazine rings is 1. The minimum Gasteiger partial charge on any atom is -0.444 e. The molecule has 152 valence electrons. The Labute approximate surface area is 171 Å². The van der Waals surface area contributed by atoms with Crippen molar-refractivity contribution in [3.8, 4) is 0 Å². The summed E-state index contributed by atoms with van der Waals surface area (Å²) in [5, 5.41) is 2.90. The number of carbonyl (C=O) groups excluding carboxylic acids is 1. The maximum absolute atomic E-state index is 13.2. The van der Waals surface area contributed by atoms with Gasteiger partial charge in [0.25, 0.3) is 11.3 Å². The largest absolute Gasteiger partial charge is 0.444 e. The van der Waals surface area contributed by atoms with E-state index in [0.29, 0.717) is 35.7 Å². The Morgan fingerprint density at radius 2 is 1.89 bits per heavy atom. The van der Waals surface area contributed by atoms with Gasteiger partial charge in [-0.1, -0.05) is 6.92 Å². The van der Waals surface area contributed by atoms with Gasteiger partial charge in [0.1, 0.15) is 11.3 Å². The van der Waals surface area contributed by atoms with E-state index in [9.17, 15) is 9.59 Å². The molecule has 2 aromatic rings. The highest BCUT2D eigenvalue weighted by Gasteiger charge is 2.44. The van der Waals surface area contributed by atoms with E-state index in [1.54, 1.807) is 4.90 Å². The fourth-order valence-corrected chi connectivity index (χ4v) is 4.51. The van der Waals surface area contributed by atoms with Crippen LogP contribution in [0.15, 0.2) is 9.53 Å². The summed E-state index contributed by atoms with van der Waals surface area (Å²) in [6.07, 6.45) is 2.21. The minimum atomic E-state index is -0.523. The predicted octanol–water partition coefficient (Wildman–Crippen LogP) is 2.33. The molecule has 2 atom stereocenters. The van der Waals surface area contributed by atoms with Gasteiger partial charge in [0.15, 0.2) is 4.73 Å². The monoisotopic (exact) mass is 452 g/mol. The summed E-state index contributed by atoms with van der Waals surface area (Å²) in [6.45, 7) is 8.68. The number of amides is 1. The molecule has 10 heteroatoms. The summed E-state index contributed by atoms with van der Waals surface area (Å²) >= 11 is 3.27. The third kappa shape index (κ3) is 3.27. The van der Waals surface area contributed by atoms with Gasteiger partial charge in [-0.2, -0.15) is 9.50 Å². The van der Waals surface area contributed by atoms with Gasteiger partial charge in [-0.25, -0.2) is 9.78 Å². The van der Waals surface area contributed by atoms with Crippen LogP contribution < -0.4 is 10.5 Å². The number of ether oxygens (including phenoxy) is 1. The Morgan fingerprint density at radius 3 is 2.46 bits per heavy atom. The Bertz CT molecular complexity index is 964. The van der Waals surface area contributed by atoms with E-state index < -0.39 is 5.60 Å². The van der Waals surface area contributed by atoms with Crippen molar-refractivity contribution in [2.75, 3.05) is 18.0 Å². The first-order chi connectivity index (χ1) is 13.2.